The van der Waals surface area contributed by atoms with Crippen LogP contribution in [-0.4, -0.2) is 139 Å². The van der Waals surface area contributed by atoms with Crippen LogP contribution in [0.15, 0.2) is 36.4 Å². The van der Waals surface area contributed by atoms with Crippen molar-refractivity contribution in [2.24, 2.45) is 13.0 Å². The molecular weight excluding hydrogens is 760 g/mol. The van der Waals surface area contributed by atoms with E-state index in [-0.39, 0.29) is 86.5 Å². The van der Waals surface area contributed by atoms with E-state index in [1.54, 1.807) is 29.2 Å². The maximum Gasteiger partial charge on any atom is 0.407 e. The Balaban J connectivity index is 1.18. The quantitative estimate of drug-likeness (QED) is 0.116. The lowest BCUT2D eigenvalue weighted by Gasteiger charge is -2.39. The van der Waals surface area contributed by atoms with E-state index in [1.165, 1.54) is 30.5 Å². The van der Waals surface area contributed by atoms with Gasteiger partial charge >= 0.3 is 6.09 Å². The van der Waals surface area contributed by atoms with E-state index in [0.717, 1.165) is 49.1 Å². The van der Waals surface area contributed by atoms with E-state index in [1.807, 2.05) is 0 Å². The number of aryl methyl sites for hydroxylation is 1. The number of nitrogens with one attached hydrogen (secondary N) is 2. The summed E-state index contributed by atoms with van der Waals surface area (Å²) in [6.07, 6.45) is 3.01. The first kappa shape index (κ1) is 43.6. The minimum absolute atomic E-state index is 0.0532. The number of piperazine rings is 1. The molecule has 1 saturated carbocycles. The molecule has 58 heavy (non-hydrogen) atoms. The van der Waals surface area contributed by atoms with Crippen molar-refractivity contribution in [2.75, 3.05) is 78.5 Å². The van der Waals surface area contributed by atoms with Crippen molar-refractivity contribution in [1.29, 1.82) is 0 Å². The summed E-state index contributed by atoms with van der Waals surface area (Å²) in [4.78, 5) is 70.4. The summed E-state index contributed by atoms with van der Waals surface area (Å²) in [5.41, 5.74) is 6.26. The zero-order valence-electron chi connectivity index (χ0n) is 33.1. The van der Waals surface area contributed by atoms with Crippen LogP contribution < -0.4 is 21.1 Å². The Bertz CT molecular complexity index is 1930. The molecule has 316 valence electrons. The fourth-order valence-electron chi connectivity index (χ4n) is 7.28. The van der Waals surface area contributed by atoms with Gasteiger partial charge in [-0.1, -0.05) is 19.3 Å². The molecular formula is C40H53F2N7O9. The Hall–Kier alpha value is -5.49. The van der Waals surface area contributed by atoms with Crippen molar-refractivity contribution < 1.29 is 52.1 Å². The average molecular weight is 814 g/mol. The Labute approximate surface area is 335 Å². The number of benzene rings is 2. The highest BCUT2D eigenvalue weighted by Gasteiger charge is 2.38. The van der Waals surface area contributed by atoms with E-state index in [2.05, 4.69) is 10.6 Å². The van der Waals surface area contributed by atoms with Gasteiger partial charge in [-0.25, -0.2) is 13.6 Å². The number of rotatable bonds is 17. The number of aromatic nitrogens is 1. The van der Waals surface area contributed by atoms with E-state index in [4.69, 9.17) is 19.9 Å². The Morgan fingerprint density at radius 1 is 0.897 bits per heavy atom. The molecule has 3 aromatic rings. The van der Waals surface area contributed by atoms with Gasteiger partial charge in [0.2, 0.25) is 11.8 Å². The number of halogens is 2. The van der Waals surface area contributed by atoms with Gasteiger partial charge in [0.25, 0.3) is 11.8 Å². The fourth-order valence-corrected chi connectivity index (χ4v) is 7.28. The standard InChI is InChI=1S/C40H53F2N7O9/c1-25(46(2)40(54)55)36(50)45-34(26-7-5-4-6-8-26)38(52)48-14-16-49(17-15-48)39(53)35-33(29-23-30(41)31(42)24-32(29)47(35)3)37(51)44-13-18-56-19-20-57-21-22-58-28-11-9-27(43)10-12-28/h9-12,23-26,34H,4-8,13-22,43H2,1-3H3,(H,44,51)(H,45,50)(H,54,55)/t25-,34-/m0/s1. The number of anilines is 1. The first-order valence-corrected chi connectivity index (χ1v) is 19.5. The number of ether oxygens (including phenoxy) is 3. The number of nitrogens with zero attached hydrogens (tertiary/aromatic N) is 4. The van der Waals surface area contributed by atoms with Crippen LogP contribution >= 0.6 is 0 Å². The SMILES string of the molecule is C[C@@H](C(=O)N[C@H](C(=O)N1CCN(C(=O)c2c(C(=O)NCCOCCOCCOc3ccc(N)cc3)c3cc(F)c(F)cc3n2C)CC1)C1CCCCC1)N(C)C(=O)O. The van der Waals surface area contributed by atoms with Crippen LogP contribution in [0.1, 0.15) is 59.9 Å². The molecule has 2 aliphatic rings. The van der Waals surface area contributed by atoms with Gasteiger partial charge in [-0.05, 0) is 56.0 Å². The van der Waals surface area contributed by atoms with Gasteiger partial charge in [0.05, 0.1) is 37.5 Å². The molecule has 0 unspecified atom stereocenters. The monoisotopic (exact) mass is 813 g/mol. The van der Waals surface area contributed by atoms with Crippen LogP contribution in [0, 0.1) is 17.6 Å². The third kappa shape index (κ3) is 10.7. The van der Waals surface area contributed by atoms with Gasteiger partial charge in [0.15, 0.2) is 11.6 Å². The van der Waals surface area contributed by atoms with E-state index >= 15 is 0 Å². The van der Waals surface area contributed by atoms with Crippen LogP contribution in [0.3, 0.4) is 0 Å². The first-order chi connectivity index (χ1) is 27.8. The van der Waals surface area contributed by atoms with Gasteiger partial charge in [-0.2, -0.15) is 0 Å². The maximum absolute atomic E-state index is 14.6. The summed E-state index contributed by atoms with van der Waals surface area (Å²) in [5.74, 6) is -3.90. The Morgan fingerprint density at radius 3 is 2.16 bits per heavy atom. The molecule has 18 heteroatoms. The van der Waals surface area contributed by atoms with Gasteiger partial charge in [-0.3, -0.25) is 24.1 Å². The predicted octanol–water partition coefficient (Wildman–Crippen LogP) is 3.23. The second-order valence-electron chi connectivity index (χ2n) is 14.5. The molecule has 2 fully saturated rings. The van der Waals surface area contributed by atoms with Crippen molar-refractivity contribution in [3.05, 3.63) is 59.3 Å². The number of likely N-dealkylation sites (N-methyl/N-ethyl adjacent to an activating group) is 1. The maximum atomic E-state index is 14.6. The highest BCUT2D eigenvalue weighted by atomic mass is 19.2. The Morgan fingerprint density at radius 2 is 1.50 bits per heavy atom. The molecule has 5 rings (SSSR count). The largest absolute Gasteiger partial charge is 0.491 e. The molecule has 1 aromatic heterocycles. The van der Waals surface area contributed by atoms with Crippen LogP contribution in [0.2, 0.25) is 0 Å². The van der Waals surface area contributed by atoms with Crippen molar-refractivity contribution in [3.63, 3.8) is 0 Å². The fraction of sp³-hybridized carbons (Fsp3) is 0.525. The second kappa shape index (κ2) is 20.3. The summed E-state index contributed by atoms with van der Waals surface area (Å²) in [6.45, 7) is 3.23. The van der Waals surface area contributed by atoms with Crippen LogP contribution in [0.5, 0.6) is 5.75 Å². The molecule has 2 atom stereocenters. The molecule has 1 aliphatic heterocycles. The molecule has 0 bridgehead atoms. The topological polar surface area (TPSA) is 198 Å². The molecule has 0 spiro atoms. The lowest BCUT2D eigenvalue weighted by atomic mass is 9.83. The number of nitrogen functional groups attached to an aromatic ring is 1. The molecule has 1 aliphatic carbocycles. The number of hydrogen-bond donors (Lipinski definition) is 4. The van der Waals surface area contributed by atoms with Gasteiger partial charge in [0.1, 0.15) is 30.1 Å². The van der Waals surface area contributed by atoms with Crippen molar-refractivity contribution >= 4 is 46.3 Å². The third-order valence-corrected chi connectivity index (χ3v) is 10.8. The zero-order valence-corrected chi connectivity index (χ0v) is 33.1. The number of carbonyl (C=O) groups is 5. The highest BCUT2D eigenvalue weighted by Crippen LogP contribution is 2.30. The average Bonchev–Trinajstić information content (AvgIpc) is 3.50. The number of amides is 5. The van der Waals surface area contributed by atoms with E-state index < -0.39 is 47.5 Å². The normalized spacial score (nSPS) is 15.8. The number of carbonyl (C=O) groups excluding carboxylic acids is 4. The van der Waals surface area contributed by atoms with Gasteiger partial charge in [-0.15, -0.1) is 0 Å². The predicted molar refractivity (Wildman–Crippen MR) is 209 cm³/mol. The second-order valence-corrected chi connectivity index (χ2v) is 14.5. The first-order valence-electron chi connectivity index (χ1n) is 19.5. The minimum Gasteiger partial charge on any atom is -0.491 e. The molecule has 0 radical (unpaired) electrons. The summed E-state index contributed by atoms with van der Waals surface area (Å²) in [5, 5.41) is 15.0. The Kier molecular flexibility index (Phi) is 15.3. The molecule has 2 heterocycles. The molecule has 1 saturated heterocycles. The van der Waals surface area contributed by atoms with Crippen molar-refractivity contribution in [2.45, 2.75) is 51.1 Å². The van der Waals surface area contributed by atoms with Gasteiger partial charge in [0, 0.05) is 64.0 Å². The lowest BCUT2D eigenvalue weighted by Crippen LogP contribution is -2.59. The highest BCUT2D eigenvalue weighted by molar-refractivity contribution is 6.16. The lowest BCUT2D eigenvalue weighted by molar-refractivity contribution is -0.140. The smallest absolute Gasteiger partial charge is 0.407 e. The van der Waals surface area contributed by atoms with Crippen LogP contribution in [-0.2, 0) is 26.1 Å². The van der Waals surface area contributed by atoms with Crippen molar-refractivity contribution in [1.82, 2.24) is 29.9 Å². The van der Waals surface area contributed by atoms with E-state index in [0.29, 0.717) is 24.7 Å². The zero-order chi connectivity index (χ0) is 41.9. The number of hydrogen-bond acceptors (Lipinski definition) is 9. The van der Waals surface area contributed by atoms with Gasteiger partial charge < -0.3 is 50.1 Å². The summed E-state index contributed by atoms with van der Waals surface area (Å²) >= 11 is 0. The van der Waals surface area contributed by atoms with Crippen LogP contribution in [0.4, 0.5) is 19.3 Å². The van der Waals surface area contributed by atoms with Crippen LogP contribution in [0.25, 0.3) is 10.9 Å². The molecule has 2 aromatic carbocycles. The number of fused-ring (bicyclic) bond motifs is 1. The molecule has 5 amide bonds. The summed E-state index contributed by atoms with van der Waals surface area (Å²) in [6, 6.07) is 6.94. The number of nitrogens with two attached hydrogens (primary N) is 1. The summed E-state index contributed by atoms with van der Waals surface area (Å²) in [7, 11) is 2.78. The third-order valence-electron chi connectivity index (χ3n) is 10.8. The summed E-state index contributed by atoms with van der Waals surface area (Å²) < 4.78 is 47.0. The van der Waals surface area contributed by atoms with Crippen molar-refractivity contribution in [3.8, 4) is 5.75 Å². The molecule has 16 nitrogen and oxygen atoms in total. The number of carboxylic acid groups (broad SMARTS) is 1. The molecule has 5 N–H and O–H groups in total. The van der Waals surface area contributed by atoms with E-state index in [9.17, 15) is 37.9 Å². The minimum atomic E-state index is -1.27.